The lowest BCUT2D eigenvalue weighted by molar-refractivity contribution is -0.786. The SMILES string of the molecule is CC(=O)Nc1c[n+](C2CCCCCC2)no1. The standard InChI is InChI=1S/C11H17N3O2/c1-9(15)12-11-8-14(13-16-11)10-6-4-2-3-5-7-10/h8,10H,2-7H2,1H3/p+1. The van der Waals surface area contributed by atoms with Crippen LogP contribution in [0.1, 0.15) is 51.5 Å². The minimum absolute atomic E-state index is 0.135. The average molecular weight is 224 g/mol. The number of rotatable bonds is 2. The normalized spacial score (nSPS) is 18.1. The maximum atomic E-state index is 10.8. The molecule has 0 aromatic carbocycles. The maximum Gasteiger partial charge on any atom is 0.302 e. The van der Waals surface area contributed by atoms with Gasteiger partial charge in [0.1, 0.15) is 0 Å². The van der Waals surface area contributed by atoms with E-state index < -0.39 is 0 Å². The third-order valence-electron chi connectivity index (χ3n) is 2.98. The molecular weight excluding hydrogens is 206 g/mol. The van der Waals surface area contributed by atoms with Gasteiger partial charge in [-0.3, -0.25) is 14.6 Å². The fourth-order valence-corrected chi connectivity index (χ4v) is 2.18. The maximum absolute atomic E-state index is 10.8. The second-order valence-corrected chi connectivity index (χ2v) is 4.37. The van der Waals surface area contributed by atoms with Crippen LogP contribution in [0.25, 0.3) is 0 Å². The lowest BCUT2D eigenvalue weighted by Crippen LogP contribution is -2.40. The van der Waals surface area contributed by atoms with Crippen LogP contribution in [0.2, 0.25) is 0 Å². The zero-order valence-electron chi connectivity index (χ0n) is 9.61. The largest absolute Gasteiger partial charge is 0.302 e. The molecule has 1 amide bonds. The molecule has 0 saturated heterocycles. The summed E-state index contributed by atoms with van der Waals surface area (Å²) in [6, 6.07) is 0.425. The Kier molecular flexibility index (Phi) is 3.54. The first-order valence-electron chi connectivity index (χ1n) is 5.91. The highest BCUT2D eigenvalue weighted by atomic mass is 16.5. The van der Waals surface area contributed by atoms with Crippen molar-refractivity contribution in [3.63, 3.8) is 0 Å². The monoisotopic (exact) mass is 224 g/mol. The number of anilines is 1. The van der Waals surface area contributed by atoms with E-state index in [1.165, 1.54) is 32.6 Å². The van der Waals surface area contributed by atoms with E-state index in [0.717, 1.165) is 12.8 Å². The molecule has 5 heteroatoms. The first-order valence-corrected chi connectivity index (χ1v) is 5.91. The third kappa shape index (κ3) is 2.81. The summed E-state index contributed by atoms with van der Waals surface area (Å²) in [7, 11) is 0. The Morgan fingerprint density at radius 2 is 2.12 bits per heavy atom. The van der Waals surface area contributed by atoms with E-state index in [1.54, 1.807) is 6.20 Å². The fraction of sp³-hybridized carbons (Fsp3) is 0.727. The predicted molar refractivity (Wildman–Crippen MR) is 57.7 cm³/mol. The van der Waals surface area contributed by atoms with Gasteiger partial charge in [-0.25, -0.2) is 0 Å². The number of nitrogens with zero attached hydrogens (tertiary/aromatic N) is 2. The van der Waals surface area contributed by atoms with Crippen LogP contribution >= 0.6 is 0 Å². The van der Waals surface area contributed by atoms with Crippen molar-refractivity contribution in [3.05, 3.63) is 6.20 Å². The quantitative estimate of drug-likeness (QED) is 0.615. The third-order valence-corrected chi connectivity index (χ3v) is 2.98. The molecule has 0 aliphatic heterocycles. The van der Waals surface area contributed by atoms with Crippen LogP contribution in [0.5, 0.6) is 0 Å². The first-order chi connectivity index (χ1) is 7.75. The van der Waals surface area contributed by atoms with Crippen LogP contribution < -0.4 is 10.00 Å². The Hall–Kier alpha value is -1.39. The lowest BCUT2D eigenvalue weighted by Gasteiger charge is -2.01. The van der Waals surface area contributed by atoms with E-state index >= 15 is 0 Å². The highest BCUT2D eigenvalue weighted by Crippen LogP contribution is 2.22. The zero-order valence-corrected chi connectivity index (χ0v) is 9.61. The highest BCUT2D eigenvalue weighted by molar-refractivity contribution is 5.86. The molecule has 5 nitrogen and oxygen atoms in total. The van der Waals surface area contributed by atoms with Gasteiger partial charge in [0, 0.05) is 19.8 Å². The van der Waals surface area contributed by atoms with E-state index in [4.69, 9.17) is 4.52 Å². The smallest absolute Gasteiger partial charge is 0.289 e. The van der Waals surface area contributed by atoms with Gasteiger partial charge in [-0.15, -0.1) is 0 Å². The number of nitrogens with one attached hydrogen (secondary N) is 1. The van der Waals surface area contributed by atoms with Crippen LogP contribution in [0, 0.1) is 0 Å². The van der Waals surface area contributed by atoms with Gasteiger partial charge in [-0.05, 0) is 17.5 Å². The van der Waals surface area contributed by atoms with Crippen molar-refractivity contribution < 1.29 is 14.0 Å². The molecule has 0 radical (unpaired) electrons. The van der Waals surface area contributed by atoms with Gasteiger partial charge in [0.2, 0.25) is 11.2 Å². The topological polar surface area (TPSA) is 59.0 Å². The summed E-state index contributed by atoms with van der Waals surface area (Å²) in [5.74, 6) is 0.293. The van der Waals surface area contributed by atoms with Gasteiger partial charge >= 0.3 is 5.88 Å². The molecule has 0 unspecified atom stereocenters. The molecule has 1 N–H and O–H groups in total. The van der Waals surface area contributed by atoms with Crippen molar-refractivity contribution in [1.29, 1.82) is 0 Å². The number of amides is 1. The highest BCUT2D eigenvalue weighted by Gasteiger charge is 2.25. The summed E-state index contributed by atoms with van der Waals surface area (Å²) < 4.78 is 6.89. The molecule has 0 spiro atoms. The summed E-state index contributed by atoms with van der Waals surface area (Å²) in [5, 5.41) is 6.55. The molecule has 0 bridgehead atoms. The van der Waals surface area contributed by atoms with Gasteiger partial charge in [0.15, 0.2) is 6.04 Å². The molecule has 0 atom stereocenters. The number of hydrogen-bond acceptors (Lipinski definition) is 3. The number of aromatic nitrogens is 2. The van der Waals surface area contributed by atoms with Gasteiger partial charge in [-0.2, -0.15) is 0 Å². The zero-order chi connectivity index (χ0) is 11.4. The number of carbonyl (C=O) groups excluding carboxylic acids is 1. The van der Waals surface area contributed by atoms with Crippen LogP contribution in [0.4, 0.5) is 5.88 Å². The van der Waals surface area contributed by atoms with Crippen LogP contribution in [-0.4, -0.2) is 11.2 Å². The van der Waals surface area contributed by atoms with Crippen molar-refractivity contribution in [1.82, 2.24) is 5.27 Å². The lowest BCUT2D eigenvalue weighted by atomic mass is 10.1. The van der Waals surface area contributed by atoms with Crippen molar-refractivity contribution in [3.8, 4) is 0 Å². The molecule has 2 rings (SSSR count). The van der Waals surface area contributed by atoms with E-state index in [0.29, 0.717) is 11.9 Å². The molecule has 1 aromatic rings. The van der Waals surface area contributed by atoms with Crippen molar-refractivity contribution >= 4 is 11.8 Å². The Morgan fingerprint density at radius 1 is 1.44 bits per heavy atom. The Labute approximate surface area is 94.8 Å². The molecule has 1 heterocycles. The molecule has 1 aromatic heterocycles. The van der Waals surface area contributed by atoms with Crippen molar-refractivity contribution in [2.24, 2.45) is 0 Å². The molecule has 88 valence electrons. The van der Waals surface area contributed by atoms with E-state index in [1.807, 2.05) is 4.68 Å². The first kappa shape index (κ1) is 11.1. The van der Waals surface area contributed by atoms with Crippen LogP contribution in [-0.2, 0) is 4.79 Å². The summed E-state index contributed by atoms with van der Waals surface area (Å²) >= 11 is 0. The van der Waals surface area contributed by atoms with Gasteiger partial charge in [0.05, 0.1) is 0 Å². The van der Waals surface area contributed by atoms with Gasteiger partial charge in [-0.1, -0.05) is 12.8 Å². The molecule has 1 aliphatic carbocycles. The fourth-order valence-electron chi connectivity index (χ4n) is 2.18. The Morgan fingerprint density at radius 3 is 2.75 bits per heavy atom. The van der Waals surface area contributed by atoms with Gasteiger partial charge in [0.25, 0.3) is 6.20 Å². The van der Waals surface area contributed by atoms with Crippen LogP contribution in [0.3, 0.4) is 0 Å². The summed E-state index contributed by atoms with van der Waals surface area (Å²) in [5.41, 5.74) is 0. The van der Waals surface area contributed by atoms with E-state index in [-0.39, 0.29) is 5.91 Å². The molecule has 16 heavy (non-hydrogen) atoms. The summed E-state index contributed by atoms with van der Waals surface area (Å²) in [6.45, 7) is 1.46. The molecular formula is C11H18N3O2+. The average Bonchev–Trinajstić information content (AvgIpc) is 2.53. The predicted octanol–water partition coefficient (Wildman–Crippen LogP) is 1.82. The molecule has 1 aliphatic rings. The van der Waals surface area contributed by atoms with Crippen molar-refractivity contribution in [2.45, 2.75) is 51.5 Å². The summed E-state index contributed by atoms with van der Waals surface area (Å²) in [6.07, 6.45) is 9.20. The minimum atomic E-state index is -0.135. The second-order valence-electron chi connectivity index (χ2n) is 4.37. The van der Waals surface area contributed by atoms with Gasteiger partial charge < -0.3 is 0 Å². The Balaban J connectivity index is 2.02. The van der Waals surface area contributed by atoms with Crippen molar-refractivity contribution in [2.75, 3.05) is 5.32 Å². The molecule has 1 fully saturated rings. The Bertz CT molecular complexity index is 354. The van der Waals surface area contributed by atoms with E-state index in [2.05, 4.69) is 10.6 Å². The summed E-state index contributed by atoms with van der Waals surface area (Å²) in [4.78, 5) is 10.8. The van der Waals surface area contributed by atoms with E-state index in [9.17, 15) is 4.79 Å². The second kappa shape index (κ2) is 5.09. The minimum Gasteiger partial charge on any atom is -0.289 e. The van der Waals surface area contributed by atoms with Crippen LogP contribution in [0.15, 0.2) is 10.7 Å². The molecule has 1 saturated carbocycles. The number of carbonyl (C=O) groups is 1. The number of hydrogen-bond donors (Lipinski definition) is 1.